The number of aryl methyl sites for hydroxylation is 1. The number of carbonyl (C=O) groups is 2. The van der Waals surface area contributed by atoms with Gasteiger partial charge in [0.2, 0.25) is 15.9 Å². The van der Waals surface area contributed by atoms with E-state index in [-0.39, 0.29) is 29.8 Å². The molecule has 2 atom stereocenters. The van der Waals surface area contributed by atoms with E-state index in [1.54, 1.807) is 26.0 Å². The lowest BCUT2D eigenvalue weighted by molar-refractivity contribution is -0.123. The molecule has 2 amide bonds. The summed E-state index contributed by atoms with van der Waals surface area (Å²) in [7, 11) is -0.989. The molecule has 36 heavy (non-hydrogen) atoms. The molecule has 1 fully saturated rings. The lowest BCUT2D eigenvalue weighted by Gasteiger charge is -2.32. The molecule has 0 bridgehead atoms. The molecule has 12 heteroatoms. The maximum atomic E-state index is 13.6. The van der Waals surface area contributed by atoms with Gasteiger partial charge in [-0.2, -0.15) is 4.31 Å². The third kappa shape index (κ3) is 4.95. The monoisotopic (exact) mass is 537 g/mol. The number of rotatable bonds is 6. The molecule has 0 radical (unpaired) electrons. The second-order valence-electron chi connectivity index (χ2n) is 8.74. The number of hydrogen-bond acceptors (Lipinski definition) is 7. The van der Waals surface area contributed by atoms with Gasteiger partial charge < -0.3 is 24.8 Å². The first-order valence-corrected chi connectivity index (χ1v) is 13.2. The number of nitrogens with zero attached hydrogens (tertiary/aromatic N) is 1. The molecule has 0 aliphatic carbocycles. The van der Waals surface area contributed by atoms with Gasteiger partial charge in [-0.25, -0.2) is 8.42 Å². The van der Waals surface area contributed by atoms with Crippen molar-refractivity contribution in [2.24, 2.45) is 5.92 Å². The highest BCUT2D eigenvalue weighted by molar-refractivity contribution is 7.89. The number of nitrogens with one attached hydrogen (secondary N) is 2. The number of hydrogen-bond donors (Lipinski definition) is 2. The Kier molecular flexibility index (Phi) is 7.35. The number of amides is 2. The summed E-state index contributed by atoms with van der Waals surface area (Å²) in [5.41, 5.74) is 1.26. The second kappa shape index (κ2) is 10.2. The number of anilines is 2. The van der Waals surface area contributed by atoms with Gasteiger partial charge in [-0.1, -0.05) is 11.6 Å². The SMILES string of the molecule is COc1cc(OC)c(NC(=O)[C@H]2CCCN(S(=O)(=O)c3cc4c(cc3C)NC(=O)[C@@H](C)O4)C2)cc1Cl. The molecule has 2 heterocycles. The van der Waals surface area contributed by atoms with Crippen molar-refractivity contribution in [2.75, 3.05) is 37.9 Å². The largest absolute Gasteiger partial charge is 0.495 e. The van der Waals surface area contributed by atoms with Gasteiger partial charge in [0.1, 0.15) is 17.2 Å². The lowest BCUT2D eigenvalue weighted by Crippen LogP contribution is -2.44. The van der Waals surface area contributed by atoms with Crippen LogP contribution >= 0.6 is 11.6 Å². The van der Waals surface area contributed by atoms with E-state index < -0.39 is 22.0 Å². The summed E-state index contributed by atoms with van der Waals surface area (Å²) < 4.78 is 44.6. The van der Waals surface area contributed by atoms with Crippen LogP contribution in [0.2, 0.25) is 5.02 Å². The van der Waals surface area contributed by atoms with E-state index in [0.29, 0.717) is 52.1 Å². The van der Waals surface area contributed by atoms with E-state index in [4.69, 9.17) is 25.8 Å². The topological polar surface area (TPSA) is 123 Å². The van der Waals surface area contributed by atoms with Crippen LogP contribution in [0.25, 0.3) is 0 Å². The van der Waals surface area contributed by atoms with Crippen molar-refractivity contribution in [2.45, 2.75) is 37.7 Å². The molecule has 0 unspecified atom stereocenters. The van der Waals surface area contributed by atoms with Gasteiger partial charge in [0.15, 0.2) is 6.10 Å². The summed E-state index contributed by atoms with van der Waals surface area (Å²) in [5.74, 6) is -0.141. The Bertz CT molecular complexity index is 1320. The maximum Gasteiger partial charge on any atom is 0.265 e. The molecule has 2 aliphatic rings. The maximum absolute atomic E-state index is 13.6. The van der Waals surface area contributed by atoms with Gasteiger partial charge in [-0.05, 0) is 44.4 Å². The molecule has 2 N–H and O–H groups in total. The summed E-state index contributed by atoms with van der Waals surface area (Å²) in [6, 6.07) is 6.12. The predicted molar refractivity (Wildman–Crippen MR) is 135 cm³/mol. The Labute approximate surface area is 214 Å². The highest BCUT2D eigenvalue weighted by atomic mass is 35.5. The molecule has 10 nitrogen and oxygen atoms in total. The zero-order valence-corrected chi connectivity index (χ0v) is 22.0. The van der Waals surface area contributed by atoms with Crippen molar-refractivity contribution >= 4 is 44.8 Å². The van der Waals surface area contributed by atoms with Crippen LogP contribution in [0.3, 0.4) is 0 Å². The van der Waals surface area contributed by atoms with Crippen LogP contribution in [0.5, 0.6) is 17.2 Å². The minimum Gasteiger partial charge on any atom is -0.495 e. The lowest BCUT2D eigenvalue weighted by atomic mass is 9.98. The minimum atomic E-state index is -3.93. The van der Waals surface area contributed by atoms with Crippen LogP contribution in [0, 0.1) is 12.8 Å². The first-order chi connectivity index (χ1) is 17.0. The Morgan fingerprint density at radius 3 is 2.61 bits per heavy atom. The van der Waals surface area contributed by atoms with Crippen molar-refractivity contribution in [1.82, 2.24) is 4.31 Å². The van der Waals surface area contributed by atoms with Crippen LogP contribution in [-0.4, -0.2) is 58.0 Å². The molecule has 0 saturated carbocycles. The Hall–Kier alpha value is -3.02. The molecule has 0 aromatic heterocycles. The number of piperidine rings is 1. The smallest absolute Gasteiger partial charge is 0.265 e. The van der Waals surface area contributed by atoms with E-state index in [0.717, 1.165) is 0 Å². The number of methoxy groups -OCH3 is 2. The van der Waals surface area contributed by atoms with E-state index in [2.05, 4.69) is 10.6 Å². The molecule has 194 valence electrons. The van der Waals surface area contributed by atoms with E-state index in [9.17, 15) is 18.0 Å². The third-order valence-corrected chi connectivity index (χ3v) is 8.62. The van der Waals surface area contributed by atoms with Gasteiger partial charge in [-0.3, -0.25) is 9.59 Å². The predicted octanol–water partition coefficient (Wildman–Crippen LogP) is 3.42. The first-order valence-electron chi connectivity index (χ1n) is 11.4. The van der Waals surface area contributed by atoms with Crippen LogP contribution in [-0.2, 0) is 19.6 Å². The summed E-state index contributed by atoms with van der Waals surface area (Å²) in [6.07, 6.45) is 0.313. The fourth-order valence-electron chi connectivity index (χ4n) is 4.33. The van der Waals surface area contributed by atoms with Crippen molar-refractivity contribution in [3.8, 4) is 17.2 Å². The van der Waals surface area contributed by atoms with Crippen LogP contribution < -0.4 is 24.8 Å². The number of fused-ring (bicyclic) bond motifs is 1. The second-order valence-corrected chi connectivity index (χ2v) is 11.1. The van der Waals surface area contributed by atoms with Crippen molar-refractivity contribution in [1.29, 1.82) is 0 Å². The molecule has 2 aliphatic heterocycles. The average molecular weight is 538 g/mol. The molecule has 1 saturated heterocycles. The molecule has 2 aromatic carbocycles. The van der Waals surface area contributed by atoms with Gasteiger partial charge in [0.25, 0.3) is 5.91 Å². The van der Waals surface area contributed by atoms with Crippen LogP contribution in [0.1, 0.15) is 25.3 Å². The summed E-state index contributed by atoms with van der Waals surface area (Å²) in [6.45, 7) is 3.55. The molecule has 2 aromatic rings. The summed E-state index contributed by atoms with van der Waals surface area (Å²) in [4.78, 5) is 25.1. The van der Waals surface area contributed by atoms with E-state index in [1.165, 1.54) is 30.7 Å². The van der Waals surface area contributed by atoms with Gasteiger partial charge in [0, 0.05) is 25.2 Å². The standard InChI is InChI=1S/C24H28ClN3O7S/c1-13-8-17-21(35-14(2)23(29)26-17)11-22(13)36(31,32)28-7-5-6-15(12-28)24(30)27-18-9-16(25)19(33-3)10-20(18)34-4/h8-11,14-15H,5-7,12H2,1-4H3,(H,26,29)(H,27,30)/t14-,15+/m1/s1. The number of halogens is 1. The Balaban J connectivity index is 1.55. The van der Waals surface area contributed by atoms with Crippen molar-refractivity contribution in [3.05, 3.63) is 34.9 Å². The van der Waals surface area contributed by atoms with Crippen LogP contribution in [0.4, 0.5) is 11.4 Å². The number of ether oxygens (including phenoxy) is 3. The molecule has 0 spiro atoms. The zero-order chi connectivity index (χ0) is 26.2. The summed E-state index contributed by atoms with van der Waals surface area (Å²) in [5, 5.41) is 5.84. The quantitative estimate of drug-likeness (QED) is 0.578. The number of carbonyl (C=O) groups excluding carboxylic acids is 2. The zero-order valence-electron chi connectivity index (χ0n) is 20.4. The number of sulfonamides is 1. The van der Waals surface area contributed by atoms with Gasteiger partial charge in [-0.15, -0.1) is 0 Å². The van der Waals surface area contributed by atoms with Crippen molar-refractivity contribution < 1.29 is 32.2 Å². The van der Waals surface area contributed by atoms with Crippen molar-refractivity contribution in [3.63, 3.8) is 0 Å². The fourth-order valence-corrected chi connectivity index (χ4v) is 6.31. The summed E-state index contributed by atoms with van der Waals surface area (Å²) >= 11 is 6.21. The van der Waals surface area contributed by atoms with Crippen LogP contribution in [0.15, 0.2) is 29.2 Å². The first kappa shape index (κ1) is 26.1. The molecular weight excluding hydrogens is 510 g/mol. The Morgan fingerprint density at radius 2 is 1.92 bits per heavy atom. The minimum absolute atomic E-state index is 0.0187. The molecular formula is C24H28ClN3O7S. The average Bonchev–Trinajstić information content (AvgIpc) is 2.85. The third-order valence-electron chi connectivity index (χ3n) is 6.31. The van der Waals surface area contributed by atoms with Gasteiger partial charge in [0.05, 0.1) is 41.4 Å². The highest BCUT2D eigenvalue weighted by Crippen LogP contribution is 2.38. The molecule has 4 rings (SSSR count). The van der Waals surface area contributed by atoms with Gasteiger partial charge >= 0.3 is 0 Å². The highest BCUT2D eigenvalue weighted by Gasteiger charge is 2.36. The number of benzene rings is 2. The Morgan fingerprint density at radius 1 is 1.19 bits per heavy atom. The normalized spacial score (nSPS) is 20.1. The van der Waals surface area contributed by atoms with E-state index >= 15 is 0 Å². The fraction of sp³-hybridized carbons (Fsp3) is 0.417. The van der Waals surface area contributed by atoms with E-state index in [1.807, 2.05) is 0 Å².